The van der Waals surface area contributed by atoms with Crippen molar-refractivity contribution in [2.75, 3.05) is 0 Å². The van der Waals surface area contributed by atoms with Gasteiger partial charge in [0.1, 0.15) is 0 Å². The van der Waals surface area contributed by atoms with E-state index in [9.17, 15) is 4.79 Å². The topological polar surface area (TPSA) is 72.2 Å². The molecule has 0 bridgehead atoms. The first-order valence-corrected chi connectivity index (χ1v) is 8.74. The second-order valence-electron chi connectivity index (χ2n) is 5.61. The average molecular weight is 349 g/mol. The second-order valence-corrected chi connectivity index (χ2v) is 6.39. The Labute approximate surface area is 148 Å². The molecule has 4 aromatic rings. The van der Waals surface area contributed by atoms with Crippen LogP contribution in [0.15, 0.2) is 53.2 Å². The lowest BCUT2D eigenvalue weighted by molar-refractivity contribution is 0.0949. The molecule has 6 nitrogen and oxygen atoms in total. The molecule has 3 heterocycles. The maximum absolute atomic E-state index is 12.4. The zero-order chi connectivity index (χ0) is 17.2. The van der Waals surface area contributed by atoms with Crippen molar-refractivity contribution in [2.24, 2.45) is 0 Å². The van der Waals surface area contributed by atoms with Crippen LogP contribution in [0.3, 0.4) is 0 Å². The van der Waals surface area contributed by atoms with Crippen LogP contribution in [0.25, 0.3) is 16.9 Å². The number of aryl methyl sites for hydroxylation is 1. The van der Waals surface area contributed by atoms with Crippen molar-refractivity contribution in [1.82, 2.24) is 25.1 Å². The summed E-state index contributed by atoms with van der Waals surface area (Å²) in [6.45, 7) is 2.17. The molecule has 0 fully saturated rings. The lowest BCUT2D eigenvalue weighted by Crippen LogP contribution is -2.25. The minimum atomic E-state index is -0.135. The molecule has 0 unspecified atom stereocenters. The summed E-state index contributed by atoms with van der Waals surface area (Å²) in [5.74, 6) is 0.456. The van der Waals surface area contributed by atoms with Gasteiger partial charge < -0.3 is 5.32 Å². The van der Waals surface area contributed by atoms with Crippen molar-refractivity contribution < 1.29 is 4.79 Å². The predicted molar refractivity (Wildman–Crippen MR) is 96.4 cm³/mol. The van der Waals surface area contributed by atoms with Crippen LogP contribution in [0.2, 0.25) is 0 Å². The fraction of sp³-hybridized carbons (Fsp3) is 0.111. The minimum absolute atomic E-state index is 0.135. The molecular weight excluding hydrogens is 334 g/mol. The Morgan fingerprint density at radius 3 is 2.84 bits per heavy atom. The third-order valence-corrected chi connectivity index (χ3v) is 4.62. The van der Waals surface area contributed by atoms with Gasteiger partial charge in [-0.3, -0.25) is 4.79 Å². The van der Waals surface area contributed by atoms with Crippen LogP contribution in [0, 0.1) is 6.92 Å². The maximum atomic E-state index is 12.4. The van der Waals surface area contributed by atoms with E-state index in [1.165, 1.54) is 0 Å². The van der Waals surface area contributed by atoms with Crippen LogP contribution >= 0.6 is 11.3 Å². The van der Waals surface area contributed by atoms with Crippen molar-refractivity contribution >= 4 is 22.9 Å². The van der Waals surface area contributed by atoms with Gasteiger partial charge in [-0.1, -0.05) is 18.2 Å². The largest absolute Gasteiger partial charge is 0.345 e. The van der Waals surface area contributed by atoms with Crippen LogP contribution in [0.5, 0.6) is 0 Å². The quantitative estimate of drug-likeness (QED) is 0.614. The first kappa shape index (κ1) is 15.5. The minimum Gasteiger partial charge on any atom is -0.345 e. The number of carbonyl (C=O) groups excluding carboxylic acids is 1. The molecule has 7 heteroatoms. The molecule has 4 rings (SSSR count). The zero-order valence-corrected chi connectivity index (χ0v) is 14.3. The van der Waals surface area contributed by atoms with Crippen LogP contribution < -0.4 is 5.32 Å². The fourth-order valence-electron chi connectivity index (χ4n) is 2.59. The SMILES string of the molecule is Cc1ccccc1C(=O)NCc1nnc2ccc(-c3ccsc3)nn12. The summed E-state index contributed by atoms with van der Waals surface area (Å²) in [6, 6.07) is 13.3. The number of nitrogens with one attached hydrogen (secondary N) is 1. The number of fused-ring (bicyclic) bond motifs is 1. The van der Waals surface area contributed by atoms with Gasteiger partial charge in [-0.25, -0.2) is 0 Å². The molecule has 25 heavy (non-hydrogen) atoms. The lowest BCUT2D eigenvalue weighted by Gasteiger charge is -2.06. The normalized spacial score (nSPS) is 10.9. The van der Waals surface area contributed by atoms with E-state index in [1.54, 1.807) is 21.9 Å². The van der Waals surface area contributed by atoms with Gasteiger partial charge >= 0.3 is 0 Å². The van der Waals surface area contributed by atoms with Crippen molar-refractivity contribution in [1.29, 1.82) is 0 Å². The Hall–Kier alpha value is -3.06. The van der Waals surface area contributed by atoms with Crippen molar-refractivity contribution in [3.05, 3.63) is 70.2 Å². The van der Waals surface area contributed by atoms with Crippen LogP contribution in [0.4, 0.5) is 0 Å². The number of amides is 1. The van der Waals surface area contributed by atoms with E-state index >= 15 is 0 Å². The van der Waals surface area contributed by atoms with Crippen molar-refractivity contribution in [3.63, 3.8) is 0 Å². The summed E-state index contributed by atoms with van der Waals surface area (Å²) >= 11 is 1.62. The summed E-state index contributed by atoms with van der Waals surface area (Å²) < 4.78 is 1.67. The molecule has 1 aromatic carbocycles. The molecule has 0 aliphatic carbocycles. The zero-order valence-electron chi connectivity index (χ0n) is 13.5. The average Bonchev–Trinajstić information content (AvgIpc) is 3.29. The molecule has 0 radical (unpaired) electrons. The monoisotopic (exact) mass is 349 g/mol. The van der Waals surface area contributed by atoms with E-state index in [2.05, 4.69) is 20.6 Å². The maximum Gasteiger partial charge on any atom is 0.251 e. The number of aromatic nitrogens is 4. The number of carbonyl (C=O) groups is 1. The van der Waals surface area contributed by atoms with Gasteiger partial charge in [0.15, 0.2) is 11.5 Å². The molecule has 0 aliphatic heterocycles. The van der Waals surface area contributed by atoms with E-state index in [0.717, 1.165) is 16.8 Å². The smallest absolute Gasteiger partial charge is 0.251 e. The fourth-order valence-corrected chi connectivity index (χ4v) is 3.24. The number of thiophene rings is 1. The molecule has 0 saturated heterocycles. The Bertz CT molecular complexity index is 1040. The van der Waals surface area contributed by atoms with Gasteiger partial charge in [-0.2, -0.15) is 21.0 Å². The lowest BCUT2D eigenvalue weighted by atomic mass is 10.1. The van der Waals surface area contributed by atoms with Gasteiger partial charge in [-0.05, 0) is 42.1 Å². The summed E-state index contributed by atoms with van der Waals surface area (Å²) in [5, 5.41) is 19.8. The number of rotatable bonds is 4. The van der Waals surface area contributed by atoms with E-state index in [1.807, 2.05) is 54.1 Å². The molecule has 3 aromatic heterocycles. The van der Waals surface area contributed by atoms with Gasteiger partial charge in [0, 0.05) is 16.5 Å². The number of hydrogen-bond donors (Lipinski definition) is 1. The molecule has 0 atom stereocenters. The Balaban J connectivity index is 1.58. The third kappa shape index (κ3) is 3.01. The van der Waals surface area contributed by atoms with E-state index in [4.69, 9.17) is 0 Å². The summed E-state index contributed by atoms with van der Waals surface area (Å²) in [5.41, 5.74) is 4.14. The molecule has 1 N–H and O–H groups in total. The Morgan fingerprint density at radius 2 is 2.04 bits per heavy atom. The number of nitrogens with zero attached hydrogens (tertiary/aromatic N) is 4. The molecule has 124 valence electrons. The molecule has 1 amide bonds. The van der Waals surface area contributed by atoms with Crippen LogP contribution in [-0.2, 0) is 6.54 Å². The first-order valence-electron chi connectivity index (χ1n) is 7.80. The standard InChI is InChI=1S/C18H15N5OS/c1-12-4-2-3-5-14(12)18(24)19-10-17-21-20-16-7-6-15(22-23(16)17)13-8-9-25-11-13/h2-9,11H,10H2,1H3,(H,19,24). The highest BCUT2D eigenvalue weighted by Gasteiger charge is 2.12. The summed E-state index contributed by atoms with van der Waals surface area (Å²) in [4.78, 5) is 12.4. The summed E-state index contributed by atoms with van der Waals surface area (Å²) in [7, 11) is 0. The van der Waals surface area contributed by atoms with Crippen LogP contribution in [-0.4, -0.2) is 25.7 Å². The van der Waals surface area contributed by atoms with Gasteiger partial charge in [-0.15, -0.1) is 10.2 Å². The van der Waals surface area contributed by atoms with Crippen LogP contribution in [0.1, 0.15) is 21.7 Å². The molecule has 0 aliphatic rings. The van der Waals surface area contributed by atoms with Gasteiger partial charge in [0.05, 0.1) is 12.2 Å². The van der Waals surface area contributed by atoms with Crippen molar-refractivity contribution in [2.45, 2.75) is 13.5 Å². The third-order valence-electron chi connectivity index (χ3n) is 3.94. The highest BCUT2D eigenvalue weighted by atomic mass is 32.1. The predicted octanol–water partition coefficient (Wildman–Crippen LogP) is 3.09. The molecule has 0 saturated carbocycles. The highest BCUT2D eigenvalue weighted by Crippen LogP contribution is 2.20. The first-order chi connectivity index (χ1) is 12.2. The van der Waals surface area contributed by atoms with Gasteiger partial charge in [0.2, 0.25) is 0 Å². The summed E-state index contributed by atoms with van der Waals surface area (Å²) in [6.07, 6.45) is 0. The van der Waals surface area contributed by atoms with E-state index in [0.29, 0.717) is 17.0 Å². The van der Waals surface area contributed by atoms with E-state index < -0.39 is 0 Å². The highest BCUT2D eigenvalue weighted by molar-refractivity contribution is 7.08. The van der Waals surface area contributed by atoms with Gasteiger partial charge in [0.25, 0.3) is 5.91 Å². The van der Waals surface area contributed by atoms with E-state index in [-0.39, 0.29) is 12.5 Å². The van der Waals surface area contributed by atoms with Crippen molar-refractivity contribution in [3.8, 4) is 11.3 Å². The number of hydrogen-bond acceptors (Lipinski definition) is 5. The second kappa shape index (κ2) is 6.45. The molecular formula is C18H15N5OS. The Morgan fingerprint density at radius 1 is 1.16 bits per heavy atom. The number of benzene rings is 1. The molecule has 0 spiro atoms. The Kier molecular flexibility index (Phi) is 3.99.